The van der Waals surface area contributed by atoms with Gasteiger partial charge in [-0.1, -0.05) is 6.07 Å². The maximum atomic E-state index is 12.4. The summed E-state index contributed by atoms with van der Waals surface area (Å²) in [6, 6.07) is 5.10. The number of rotatable bonds is 5. The summed E-state index contributed by atoms with van der Waals surface area (Å²) in [4.78, 5) is 37.5. The van der Waals surface area contributed by atoms with Crippen LogP contribution in [0.3, 0.4) is 0 Å². The Bertz CT molecular complexity index is 677. The molecule has 26 heavy (non-hydrogen) atoms. The SMILES string of the molecule is CC(=O)N1C[C@@H](N)CC[C@@H](C(=O)NCCCn2c(C)cccc2=O)C1.Cl. The van der Waals surface area contributed by atoms with Crippen molar-refractivity contribution in [3.8, 4) is 0 Å². The highest BCUT2D eigenvalue weighted by atomic mass is 35.5. The average Bonchev–Trinajstić information content (AvgIpc) is 2.75. The molecule has 2 atom stereocenters. The maximum absolute atomic E-state index is 12.4. The molecule has 0 aliphatic carbocycles. The second kappa shape index (κ2) is 10.3. The van der Waals surface area contributed by atoms with Gasteiger partial charge in [-0.2, -0.15) is 0 Å². The van der Waals surface area contributed by atoms with E-state index < -0.39 is 0 Å². The van der Waals surface area contributed by atoms with E-state index in [-0.39, 0.29) is 41.7 Å². The lowest BCUT2D eigenvalue weighted by Gasteiger charge is -2.23. The largest absolute Gasteiger partial charge is 0.356 e. The number of amides is 2. The van der Waals surface area contributed by atoms with E-state index in [1.807, 2.05) is 13.0 Å². The molecule has 8 heteroatoms. The number of carbonyl (C=O) groups is 2. The van der Waals surface area contributed by atoms with Gasteiger partial charge in [-0.25, -0.2) is 0 Å². The first-order chi connectivity index (χ1) is 11.9. The zero-order valence-corrected chi connectivity index (χ0v) is 16.3. The highest BCUT2D eigenvalue weighted by Crippen LogP contribution is 2.16. The molecule has 1 aliphatic rings. The Morgan fingerprint density at radius 3 is 2.65 bits per heavy atom. The maximum Gasteiger partial charge on any atom is 0.250 e. The first-order valence-electron chi connectivity index (χ1n) is 8.83. The van der Waals surface area contributed by atoms with Gasteiger partial charge in [-0.3, -0.25) is 14.4 Å². The number of carbonyl (C=O) groups excluding carboxylic acids is 2. The smallest absolute Gasteiger partial charge is 0.250 e. The van der Waals surface area contributed by atoms with Gasteiger partial charge >= 0.3 is 0 Å². The summed E-state index contributed by atoms with van der Waals surface area (Å²) in [6.07, 6.45) is 2.10. The molecule has 1 aliphatic heterocycles. The van der Waals surface area contributed by atoms with Gasteiger partial charge in [-0.15, -0.1) is 12.4 Å². The van der Waals surface area contributed by atoms with Gasteiger partial charge in [0, 0.05) is 50.9 Å². The molecule has 146 valence electrons. The van der Waals surface area contributed by atoms with E-state index in [4.69, 9.17) is 5.73 Å². The van der Waals surface area contributed by atoms with Gasteiger partial charge in [0.2, 0.25) is 11.8 Å². The van der Waals surface area contributed by atoms with Crippen LogP contribution in [0, 0.1) is 12.8 Å². The zero-order valence-electron chi connectivity index (χ0n) is 15.4. The quantitative estimate of drug-likeness (QED) is 0.729. The predicted octanol–water partition coefficient (Wildman–Crippen LogP) is 0.671. The van der Waals surface area contributed by atoms with Crippen molar-refractivity contribution in [2.24, 2.45) is 11.7 Å². The van der Waals surface area contributed by atoms with Gasteiger partial charge < -0.3 is 20.5 Å². The van der Waals surface area contributed by atoms with Crippen LogP contribution < -0.4 is 16.6 Å². The van der Waals surface area contributed by atoms with Gasteiger partial charge in [-0.05, 0) is 32.3 Å². The van der Waals surface area contributed by atoms with Crippen molar-refractivity contribution in [1.82, 2.24) is 14.8 Å². The fourth-order valence-corrected chi connectivity index (χ4v) is 3.20. The van der Waals surface area contributed by atoms with Crippen molar-refractivity contribution >= 4 is 24.2 Å². The molecule has 0 spiro atoms. The Hall–Kier alpha value is -1.86. The lowest BCUT2D eigenvalue weighted by molar-refractivity contribution is -0.131. The van der Waals surface area contributed by atoms with E-state index in [0.717, 1.165) is 12.1 Å². The van der Waals surface area contributed by atoms with E-state index in [2.05, 4.69) is 5.32 Å². The topological polar surface area (TPSA) is 97.4 Å². The second-order valence-electron chi connectivity index (χ2n) is 6.76. The van der Waals surface area contributed by atoms with E-state index in [1.165, 1.54) is 13.0 Å². The highest BCUT2D eigenvalue weighted by molar-refractivity contribution is 5.85. The summed E-state index contributed by atoms with van der Waals surface area (Å²) in [5, 5.41) is 2.93. The summed E-state index contributed by atoms with van der Waals surface area (Å²) < 4.78 is 1.70. The Morgan fingerprint density at radius 2 is 2.00 bits per heavy atom. The molecule has 2 amide bonds. The molecule has 0 radical (unpaired) electrons. The summed E-state index contributed by atoms with van der Waals surface area (Å²) in [6.45, 7) is 5.41. The van der Waals surface area contributed by atoms with Crippen LogP contribution in [0.5, 0.6) is 0 Å². The summed E-state index contributed by atoms with van der Waals surface area (Å²) in [7, 11) is 0. The molecule has 7 nitrogen and oxygen atoms in total. The van der Waals surface area contributed by atoms with Crippen LogP contribution in [-0.4, -0.2) is 47.0 Å². The van der Waals surface area contributed by atoms with Gasteiger partial charge in [0.1, 0.15) is 0 Å². The highest BCUT2D eigenvalue weighted by Gasteiger charge is 2.27. The Morgan fingerprint density at radius 1 is 1.27 bits per heavy atom. The van der Waals surface area contributed by atoms with Gasteiger partial charge in [0.05, 0.1) is 5.92 Å². The minimum atomic E-state index is -0.223. The van der Waals surface area contributed by atoms with E-state index >= 15 is 0 Å². The minimum absolute atomic E-state index is 0. The van der Waals surface area contributed by atoms with Crippen LogP contribution in [0.15, 0.2) is 23.0 Å². The van der Waals surface area contributed by atoms with Crippen molar-refractivity contribution in [3.05, 3.63) is 34.2 Å². The Balaban J connectivity index is 0.00000338. The number of pyridine rings is 1. The summed E-state index contributed by atoms with van der Waals surface area (Å²) >= 11 is 0. The molecular formula is C18H29ClN4O3. The molecule has 1 saturated heterocycles. The van der Waals surface area contributed by atoms with E-state index in [1.54, 1.807) is 15.5 Å². The van der Waals surface area contributed by atoms with Crippen molar-refractivity contribution in [1.29, 1.82) is 0 Å². The second-order valence-corrected chi connectivity index (χ2v) is 6.76. The number of hydrogen-bond acceptors (Lipinski definition) is 4. The molecule has 0 unspecified atom stereocenters. The molecule has 1 aromatic heterocycles. The number of halogens is 1. The number of likely N-dealkylation sites (tertiary alicyclic amines) is 1. The first kappa shape index (κ1) is 22.2. The molecular weight excluding hydrogens is 356 g/mol. The predicted molar refractivity (Wildman–Crippen MR) is 103 cm³/mol. The number of nitrogens with one attached hydrogen (secondary N) is 1. The molecule has 1 fully saturated rings. The molecule has 0 saturated carbocycles. The molecule has 0 bridgehead atoms. The normalized spacial score (nSPS) is 20.0. The third-order valence-corrected chi connectivity index (χ3v) is 4.72. The Kier molecular flexibility index (Phi) is 8.81. The van der Waals surface area contributed by atoms with Gasteiger partial charge in [0.25, 0.3) is 5.56 Å². The number of aromatic nitrogens is 1. The third-order valence-electron chi connectivity index (χ3n) is 4.72. The third kappa shape index (κ3) is 6.14. The number of nitrogens with two attached hydrogens (primary N) is 1. The van der Waals surface area contributed by atoms with Crippen LogP contribution in [-0.2, 0) is 16.1 Å². The standard InChI is InChI=1S/C18H28N4O3.ClH/c1-13-5-3-6-17(24)22(13)10-4-9-20-18(25)15-7-8-16(19)12-21(11-15)14(2)23;/h3,5-6,15-16H,4,7-12,19H2,1-2H3,(H,20,25);1H/t15-,16+;/m1./s1. The molecule has 1 aromatic rings. The summed E-state index contributed by atoms with van der Waals surface area (Å²) in [5.41, 5.74) is 6.87. The van der Waals surface area contributed by atoms with Gasteiger partial charge in [0.15, 0.2) is 0 Å². The first-order valence-corrected chi connectivity index (χ1v) is 8.83. The lowest BCUT2D eigenvalue weighted by atomic mass is 10.0. The average molecular weight is 385 g/mol. The molecule has 3 N–H and O–H groups in total. The monoisotopic (exact) mass is 384 g/mol. The molecule has 2 rings (SSSR count). The van der Waals surface area contributed by atoms with Crippen molar-refractivity contribution in [3.63, 3.8) is 0 Å². The molecule has 0 aromatic carbocycles. The number of nitrogens with zero attached hydrogens (tertiary/aromatic N) is 2. The number of hydrogen-bond donors (Lipinski definition) is 2. The minimum Gasteiger partial charge on any atom is -0.356 e. The summed E-state index contributed by atoms with van der Waals surface area (Å²) in [5.74, 6) is -0.315. The van der Waals surface area contributed by atoms with Crippen LogP contribution in [0.4, 0.5) is 0 Å². The Labute approximate surface area is 160 Å². The van der Waals surface area contributed by atoms with E-state index in [0.29, 0.717) is 39.0 Å². The zero-order chi connectivity index (χ0) is 18.4. The molecule has 2 heterocycles. The fourth-order valence-electron chi connectivity index (χ4n) is 3.20. The van der Waals surface area contributed by atoms with E-state index in [9.17, 15) is 14.4 Å². The van der Waals surface area contributed by atoms with Crippen LogP contribution in [0.2, 0.25) is 0 Å². The lowest BCUT2D eigenvalue weighted by Crippen LogP contribution is -2.42. The number of aryl methyl sites for hydroxylation is 1. The van der Waals surface area contributed by atoms with Crippen molar-refractivity contribution < 1.29 is 9.59 Å². The van der Waals surface area contributed by atoms with Crippen LogP contribution in [0.25, 0.3) is 0 Å². The fraction of sp³-hybridized carbons (Fsp3) is 0.611. The van der Waals surface area contributed by atoms with Crippen LogP contribution >= 0.6 is 12.4 Å². The van der Waals surface area contributed by atoms with Crippen LogP contribution in [0.1, 0.15) is 31.9 Å². The van der Waals surface area contributed by atoms with Crippen molar-refractivity contribution in [2.45, 2.75) is 45.7 Å². The van der Waals surface area contributed by atoms with Crippen molar-refractivity contribution in [2.75, 3.05) is 19.6 Å².